The monoisotopic (exact) mass is 271 g/mol. The normalized spacial score (nSPS) is 10.0. The number of nitrogens with zero attached hydrogens (tertiary/aromatic N) is 1. The summed E-state index contributed by atoms with van der Waals surface area (Å²) in [4.78, 5) is 0. The van der Waals surface area contributed by atoms with E-state index in [0.717, 1.165) is 5.56 Å². The van der Waals surface area contributed by atoms with Crippen molar-refractivity contribution < 1.29 is 4.74 Å². The Balaban J connectivity index is 2.10. The van der Waals surface area contributed by atoms with Gasteiger partial charge in [-0.3, -0.25) is 0 Å². The number of hydrogen-bond acceptors (Lipinski definition) is 2. The molecule has 19 heavy (non-hydrogen) atoms. The first-order chi connectivity index (χ1) is 9.10. The van der Waals surface area contributed by atoms with E-state index in [9.17, 15) is 0 Å². The number of ether oxygens (including phenoxy) is 1. The van der Waals surface area contributed by atoms with Gasteiger partial charge < -0.3 is 4.74 Å². The Labute approximate surface area is 118 Å². The smallest absolute Gasteiger partial charge is 0.138 e. The van der Waals surface area contributed by atoms with E-state index in [2.05, 4.69) is 26.0 Å². The molecule has 0 aromatic heterocycles. The van der Waals surface area contributed by atoms with Gasteiger partial charge >= 0.3 is 0 Å². The molecule has 0 amide bonds. The van der Waals surface area contributed by atoms with Crippen LogP contribution in [0.1, 0.15) is 22.3 Å². The third-order valence-corrected chi connectivity index (χ3v) is 3.32. The molecule has 96 valence electrons. The molecule has 0 atom stereocenters. The lowest BCUT2D eigenvalue weighted by atomic mass is 10.1. The molecule has 0 saturated carbocycles. The molecule has 0 spiro atoms. The number of aryl methyl sites for hydroxylation is 2. The van der Waals surface area contributed by atoms with Gasteiger partial charge in [0.2, 0.25) is 0 Å². The molecule has 0 bridgehead atoms. The highest BCUT2D eigenvalue weighted by Gasteiger charge is 2.04. The standard InChI is InChI=1S/C16H14ClNO/c1-11-3-4-14(7-12(11)2)10-19-16-6-5-13(9-18)8-15(16)17/h3-8H,10H2,1-2H3. The molecule has 2 aromatic rings. The molecule has 0 aliphatic carbocycles. The van der Waals surface area contributed by atoms with Crippen molar-refractivity contribution in [3.63, 3.8) is 0 Å². The van der Waals surface area contributed by atoms with E-state index in [1.54, 1.807) is 18.2 Å². The quantitative estimate of drug-likeness (QED) is 0.828. The minimum atomic E-state index is 0.461. The topological polar surface area (TPSA) is 33.0 Å². The fourth-order valence-corrected chi connectivity index (χ4v) is 1.98. The molecule has 0 heterocycles. The van der Waals surface area contributed by atoms with Crippen molar-refractivity contribution in [1.29, 1.82) is 5.26 Å². The highest BCUT2D eigenvalue weighted by atomic mass is 35.5. The molecule has 2 rings (SSSR count). The summed E-state index contributed by atoms with van der Waals surface area (Å²) >= 11 is 6.05. The molecule has 2 nitrogen and oxygen atoms in total. The van der Waals surface area contributed by atoms with E-state index in [1.165, 1.54) is 11.1 Å². The Bertz CT molecular complexity index is 644. The Morgan fingerprint density at radius 1 is 1.11 bits per heavy atom. The summed E-state index contributed by atoms with van der Waals surface area (Å²) in [6, 6.07) is 13.3. The summed E-state index contributed by atoms with van der Waals surface area (Å²) < 4.78 is 5.68. The van der Waals surface area contributed by atoms with Gasteiger partial charge in [-0.15, -0.1) is 0 Å². The van der Waals surface area contributed by atoms with E-state index in [4.69, 9.17) is 21.6 Å². The third kappa shape index (κ3) is 3.27. The maximum atomic E-state index is 8.77. The van der Waals surface area contributed by atoms with Crippen LogP contribution in [-0.2, 0) is 6.61 Å². The zero-order valence-electron chi connectivity index (χ0n) is 10.9. The summed E-state index contributed by atoms with van der Waals surface area (Å²) in [5, 5.41) is 9.23. The van der Waals surface area contributed by atoms with Crippen LogP contribution in [-0.4, -0.2) is 0 Å². The largest absolute Gasteiger partial charge is 0.487 e. The molecule has 0 aliphatic rings. The third-order valence-electron chi connectivity index (χ3n) is 3.03. The van der Waals surface area contributed by atoms with E-state index in [1.807, 2.05) is 12.1 Å². The van der Waals surface area contributed by atoms with E-state index < -0.39 is 0 Å². The zero-order chi connectivity index (χ0) is 13.8. The lowest BCUT2D eigenvalue weighted by Crippen LogP contribution is -1.97. The lowest BCUT2D eigenvalue weighted by Gasteiger charge is -2.09. The fraction of sp³-hybridized carbons (Fsp3) is 0.188. The molecule has 0 unspecified atom stereocenters. The van der Waals surface area contributed by atoms with E-state index in [-0.39, 0.29) is 0 Å². The van der Waals surface area contributed by atoms with Gasteiger partial charge in [0.15, 0.2) is 0 Å². The van der Waals surface area contributed by atoms with Crippen molar-refractivity contribution in [1.82, 2.24) is 0 Å². The molecule has 0 aliphatic heterocycles. The number of nitriles is 1. The average Bonchev–Trinajstić information content (AvgIpc) is 2.41. The summed E-state index contributed by atoms with van der Waals surface area (Å²) in [7, 11) is 0. The van der Waals surface area contributed by atoms with Crippen LogP contribution in [0.2, 0.25) is 5.02 Å². The Morgan fingerprint density at radius 3 is 2.53 bits per heavy atom. The van der Waals surface area contributed by atoms with Crippen molar-refractivity contribution >= 4 is 11.6 Å². The average molecular weight is 272 g/mol. The molecule has 0 radical (unpaired) electrons. The van der Waals surface area contributed by atoms with Crippen LogP contribution in [0.15, 0.2) is 36.4 Å². The molecule has 0 N–H and O–H groups in total. The maximum Gasteiger partial charge on any atom is 0.138 e. The van der Waals surface area contributed by atoms with Gasteiger partial charge in [0, 0.05) is 0 Å². The number of halogens is 1. The maximum absolute atomic E-state index is 8.77. The van der Waals surface area contributed by atoms with Crippen molar-refractivity contribution in [2.24, 2.45) is 0 Å². The van der Waals surface area contributed by atoms with Crippen molar-refractivity contribution in [2.75, 3.05) is 0 Å². The van der Waals surface area contributed by atoms with Gasteiger partial charge in [-0.25, -0.2) is 0 Å². The number of rotatable bonds is 3. The minimum absolute atomic E-state index is 0.461. The second-order valence-corrected chi connectivity index (χ2v) is 4.87. The van der Waals surface area contributed by atoms with Crippen LogP contribution >= 0.6 is 11.6 Å². The first-order valence-electron chi connectivity index (χ1n) is 5.99. The van der Waals surface area contributed by atoms with Gasteiger partial charge in [0.1, 0.15) is 12.4 Å². The van der Waals surface area contributed by atoms with Gasteiger partial charge in [0.05, 0.1) is 16.7 Å². The first-order valence-corrected chi connectivity index (χ1v) is 6.36. The van der Waals surface area contributed by atoms with Crippen LogP contribution < -0.4 is 4.74 Å². The minimum Gasteiger partial charge on any atom is -0.487 e. The molecular formula is C16H14ClNO. The Morgan fingerprint density at radius 2 is 1.89 bits per heavy atom. The fourth-order valence-electron chi connectivity index (χ4n) is 1.74. The van der Waals surface area contributed by atoms with Crippen LogP contribution in [0.3, 0.4) is 0 Å². The number of benzene rings is 2. The second kappa shape index (κ2) is 5.77. The summed E-state index contributed by atoms with van der Waals surface area (Å²) in [6.07, 6.45) is 0. The summed E-state index contributed by atoms with van der Waals surface area (Å²) in [5.41, 5.74) is 4.14. The summed E-state index contributed by atoms with van der Waals surface area (Å²) in [6.45, 7) is 4.62. The van der Waals surface area contributed by atoms with Crippen molar-refractivity contribution in [3.05, 3.63) is 63.7 Å². The molecule has 2 aromatic carbocycles. The van der Waals surface area contributed by atoms with Gasteiger partial charge in [-0.05, 0) is 48.7 Å². The first kappa shape index (κ1) is 13.5. The highest BCUT2D eigenvalue weighted by Crippen LogP contribution is 2.26. The number of hydrogen-bond donors (Lipinski definition) is 0. The second-order valence-electron chi connectivity index (χ2n) is 4.46. The van der Waals surface area contributed by atoms with Crippen LogP contribution in [0.4, 0.5) is 0 Å². The molecular weight excluding hydrogens is 258 g/mol. The van der Waals surface area contributed by atoms with E-state index in [0.29, 0.717) is 22.9 Å². The molecule has 3 heteroatoms. The van der Waals surface area contributed by atoms with Gasteiger partial charge in [-0.1, -0.05) is 29.8 Å². The predicted octanol–water partition coefficient (Wildman–Crippen LogP) is 4.41. The van der Waals surface area contributed by atoms with Gasteiger partial charge in [-0.2, -0.15) is 5.26 Å². The van der Waals surface area contributed by atoms with Crippen LogP contribution in [0.5, 0.6) is 5.75 Å². The lowest BCUT2D eigenvalue weighted by molar-refractivity contribution is 0.306. The summed E-state index contributed by atoms with van der Waals surface area (Å²) in [5.74, 6) is 0.596. The Hall–Kier alpha value is -1.98. The zero-order valence-corrected chi connectivity index (χ0v) is 11.7. The molecule has 0 saturated heterocycles. The highest BCUT2D eigenvalue weighted by molar-refractivity contribution is 6.32. The Kier molecular flexibility index (Phi) is 4.09. The van der Waals surface area contributed by atoms with Gasteiger partial charge in [0.25, 0.3) is 0 Å². The SMILES string of the molecule is Cc1ccc(COc2ccc(C#N)cc2Cl)cc1C. The molecule has 0 fully saturated rings. The van der Waals surface area contributed by atoms with Crippen LogP contribution in [0, 0.1) is 25.2 Å². The van der Waals surface area contributed by atoms with Crippen LogP contribution in [0.25, 0.3) is 0 Å². The predicted molar refractivity (Wildman–Crippen MR) is 76.4 cm³/mol. The van der Waals surface area contributed by atoms with E-state index >= 15 is 0 Å². The van der Waals surface area contributed by atoms with Crippen molar-refractivity contribution in [3.8, 4) is 11.8 Å². The van der Waals surface area contributed by atoms with Crippen molar-refractivity contribution in [2.45, 2.75) is 20.5 Å².